The van der Waals surface area contributed by atoms with Crippen LogP contribution in [0.25, 0.3) is 0 Å². The van der Waals surface area contributed by atoms with Gasteiger partial charge in [-0.15, -0.1) is 0 Å². The average Bonchev–Trinajstić information content (AvgIpc) is 2.51. The fraction of sp³-hybridized carbons (Fsp3) is 0.647. The van der Waals surface area contributed by atoms with Crippen molar-refractivity contribution in [1.82, 2.24) is 9.80 Å². The molecule has 0 amide bonds. The van der Waals surface area contributed by atoms with E-state index in [0.29, 0.717) is 0 Å². The molecule has 1 aliphatic heterocycles. The molecular formula is C17H28N2O2. The lowest BCUT2D eigenvalue weighted by atomic mass is 10.3. The van der Waals surface area contributed by atoms with Crippen LogP contribution >= 0.6 is 0 Å². The Labute approximate surface area is 128 Å². The van der Waals surface area contributed by atoms with Crippen LogP contribution in [0.15, 0.2) is 24.3 Å². The number of para-hydroxylation sites is 2. The molecule has 0 aromatic heterocycles. The van der Waals surface area contributed by atoms with E-state index in [0.717, 1.165) is 70.3 Å². The lowest BCUT2D eigenvalue weighted by Gasteiger charge is -2.32. The molecule has 1 fully saturated rings. The van der Waals surface area contributed by atoms with Crippen LogP contribution in [-0.4, -0.2) is 62.8 Å². The summed E-state index contributed by atoms with van der Waals surface area (Å²) in [5, 5.41) is 0. The zero-order valence-electron chi connectivity index (χ0n) is 13.4. The Balaban J connectivity index is 1.74. The third-order valence-electron chi connectivity index (χ3n) is 3.87. The summed E-state index contributed by atoms with van der Waals surface area (Å²) >= 11 is 0. The minimum atomic E-state index is 0.720. The molecule has 21 heavy (non-hydrogen) atoms. The lowest BCUT2D eigenvalue weighted by Crippen LogP contribution is -2.45. The number of unbranched alkanes of at least 4 members (excludes halogenated alkanes) is 1. The van der Waals surface area contributed by atoms with E-state index in [2.05, 4.69) is 23.8 Å². The molecule has 1 aliphatic rings. The molecule has 118 valence electrons. The second kappa shape index (κ2) is 8.90. The third kappa shape index (κ3) is 5.56. The average molecular weight is 292 g/mol. The van der Waals surface area contributed by atoms with Crippen molar-refractivity contribution in [1.29, 1.82) is 0 Å². The summed E-state index contributed by atoms with van der Waals surface area (Å²) in [6.45, 7) is 9.20. The highest BCUT2D eigenvalue weighted by atomic mass is 16.5. The maximum atomic E-state index is 5.92. The summed E-state index contributed by atoms with van der Waals surface area (Å²) in [7, 11) is 2.18. The van der Waals surface area contributed by atoms with Gasteiger partial charge in [0.25, 0.3) is 0 Å². The molecule has 0 unspecified atom stereocenters. The highest BCUT2D eigenvalue weighted by Gasteiger charge is 2.13. The van der Waals surface area contributed by atoms with Gasteiger partial charge in [-0.05, 0) is 25.6 Å². The van der Waals surface area contributed by atoms with Crippen LogP contribution in [0.5, 0.6) is 11.5 Å². The minimum absolute atomic E-state index is 0.720. The first kappa shape index (κ1) is 16.1. The zero-order chi connectivity index (χ0) is 14.9. The van der Waals surface area contributed by atoms with Crippen molar-refractivity contribution in [2.24, 2.45) is 0 Å². The molecule has 1 aromatic carbocycles. The SMILES string of the molecule is CCCCOc1ccccc1OCCN1CCN(C)CC1. The van der Waals surface area contributed by atoms with Crippen molar-refractivity contribution in [3.8, 4) is 11.5 Å². The first-order valence-corrected chi connectivity index (χ1v) is 8.05. The van der Waals surface area contributed by atoms with E-state index in [9.17, 15) is 0 Å². The van der Waals surface area contributed by atoms with Crippen LogP contribution < -0.4 is 9.47 Å². The van der Waals surface area contributed by atoms with Gasteiger partial charge in [-0.3, -0.25) is 4.90 Å². The monoisotopic (exact) mass is 292 g/mol. The molecule has 0 radical (unpaired) electrons. The molecule has 4 nitrogen and oxygen atoms in total. The van der Waals surface area contributed by atoms with Crippen molar-refractivity contribution in [2.75, 3.05) is 53.0 Å². The van der Waals surface area contributed by atoms with Gasteiger partial charge in [0.2, 0.25) is 0 Å². The summed E-state index contributed by atoms with van der Waals surface area (Å²) in [6.07, 6.45) is 2.22. The Bertz CT molecular complexity index is 404. The molecule has 1 aromatic rings. The van der Waals surface area contributed by atoms with Crippen molar-refractivity contribution in [3.05, 3.63) is 24.3 Å². The van der Waals surface area contributed by atoms with Crippen LogP contribution in [0.2, 0.25) is 0 Å². The Kier molecular flexibility index (Phi) is 6.83. The fourth-order valence-electron chi connectivity index (χ4n) is 2.37. The summed E-state index contributed by atoms with van der Waals surface area (Å²) in [5.41, 5.74) is 0. The molecule has 0 spiro atoms. The Morgan fingerprint density at radius 3 is 2.19 bits per heavy atom. The van der Waals surface area contributed by atoms with Gasteiger partial charge in [0.15, 0.2) is 11.5 Å². The second-order valence-corrected chi connectivity index (χ2v) is 5.64. The normalized spacial score (nSPS) is 16.9. The molecule has 0 saturated carbocycles. The van der Waals surface area contributed by atoms with Gasteiger partial charge in [0, 0.05) is 32.7 Å². The number of rotatable bonds is 8. The smallest absolute Gasteiger partial charge is 0.161 e. The largest absolute Gasteiger partial charge is 0.490 e. The molecule has 2 rings (SSSR count). The van der Waals surface area contributed by atoms with Gasteiger partial charge in [0.1, 0.15) is 6.61 Å². The highest BCUT2D eigenvalue weighted by molar-refractivity contribution is 5.39. The number of nitrogens with zero attached hydrogens (tertiary/aromatic N) is 2. The van der Waals surface area contributed by atoms with E-state index in [1.807, 2.05) is 24.3 Å². The first-order chi connectivity index (χ1) is 10.3. The molecule has 0 atom stereocenters. The molecule has 1 heterocycles. The van der Waals surface area contributed by atoms with Gasteiger partial charge < -0.3 is 14.4 Å². The van der Waals surface area contributed by atoms with Gasteiger partial charge in [-0.1, -0.05) is 25.5 Å². The molecule has 4 heteroatoms. The molecular weight excluding hydrogens is 264 g/mol. The van der Waals surface area contributed by atoms with Crippen molar-refractivity contribution in [2.45, 2.75) is 19.8 Å². The van der Waals surface area contributed by atoms with Crippen LogP contribution in [0.1, 0.15) is 19.8 Å². The standard InChI is InChI=1S/C17H28N2O2/c1-3-4-14-20-16-7-5-6-8-17(16)21-15-13-19-11-9-18(2)10-12-19/h5-8H,3-4,9-15H2,1-2H3. The summed E-state index contributed by atoms with van der Waals surface area (Å²) < 4.78 is 11.7. The predicted octanol–water partition coefficient (Wildman–Crippen LogP) is 2.49. The molecule has 0 N–H and O–H groups in total. The van der Waals surface area contributed by atoms with E-state index < -0.39 is 0 Å². The third-order valence-corrected chi connectivity index (χ3v) is 3.87. The molecule has 1 saturated heterocycles. The van der Waals surface area contributed by atoms with Crippen molar-refractivity contribution in [3.63, 3.8) is 0 Å². The highest BCUT2D eigenvalue weighted by Crippen LogP contribution is 2.26. The number of hydrogen-bond donors (Lipinski definition) is 0. The topological polar surface area (TPSA) is 24.9 Å². The van der Waals surface area contributed by atoms with Crippen LogP contribution in [-0.2, 0) is 0 Å². The summed E-state index contributed by atoms with van der Waals surface area (Å²) in [5.74, 6) is 1.73. The van der Waals surface area contributed by atoms with E-state index >= 15 is 0 Å². The number of piperazine rings is 1. The van der Waals surface area contributed by atoms with E-state index in [1.165, 1.54) is 0 Å². The van der Waals surface area contributed by atoms with E-state index in [-0.39, 0.29) is 0 Å². The lowest BCUT2D eigenvalue weighted by molar-refractivity contribution is 0.132. The van der Waals surface area contributed by atoms with E-state index in [4.69, 9.17) is 9.47 Å². The van der Waals surface area contributed by atoms with Crippen LogP contribution in [0.4, 0.5) is 0 Å². The fourth-order valence-corrected chi connectivity index (χ4v) is 2.37. The Morgan fingerprint density at radius 2 is 1.57 bits per heavy atom. The number of benzene rings is 1. The van der Waals surface area contributed by atoms with Gasteiger partial charge in [0.05, 0.1) is 6.61 Å². The van der Waals surface area contributed by atoms with Crippen LogP contribution in [0, 0.1) is 0 Å². The Hall–Kier alpha value is -1.26. The quantitative estimate of drug-likeness (QED) is 0.687. The maximum Gasteiger partial charge on any atom is 0.161 e. The number of ether oxygens (including phenoxy) is 2. The zero-order valence-corrected chi connectivity index (χ0v) is 13.4. The summed E-state index contributed by atoms with van der Waals surface area (Å²) in [4.78, 5) is 4.83. The minimum Gasteiger partial charge on any atom is -0.490 e. The maximum absolute atomic E-state index is 5.92. The van der Waals surface area contributed by atoms with Crippen molar-refractivity contribution < 1.29 is 9.47 Å². The predicted molar refractivity (Wildman–Crippen MR) is 86.3 cm³/mol. The first-order valence-electron chi connectivity index (χ1n) is 8.05. The van der Waals surface area contributed by atoms with Crippen molar-refractivity contribution >= 4 is 0 Å². The van der Waals surface area contributed by atoms with E-state index in [1.54, 1.807) is 0 Å². The second-order valence-electron chi connectivity index (χ2n) is 5.64. The number of hydrogen-bond acceptors (Lipinski definition) is 4. The Morgan fingerprint density at radius 1 is 0.952 bits per heavy atom. The number of likely N-dealkylation sites (N-methyl/N-ethyl adjacent to an activating group) is 1. The van der Waals surface area contributed by atoms with Gasteiger partial charge >= 0.3 is 0 Å². The summed E-state index contributed by atoms with van der Waals surface area (Å²) in [6, 6.07) is 7.97. The van der Waals surface area contributed by atoms with Crippen LogP contribution in [0.3, 0.4) is 0 Å². The van der Waals surface area contributed by atoms with Gasteiger partial charge in [-0.25, -0.2) is 0 Å². The molecule has 0 aliphatic carbocycles. The molecule has 0 bridgehead atoms. The van der Waals surface area contributed by atoms with Gasteiger partial charge in [-0.2, -0.15) is 0 Å².